The summed E-state index contributed by atoms with van der Waals surface area (Å²) in [5, 5.41) is 3.15. The maximum absolute atomic E-state index is 13.2. The number of halogens is 1. The molecule has 0 saturated carbocycles. The smallest absolute Gasteiger partial charge is 0.141 e. The molecule has 0 aliphatic carbocycles. The lowest BCUT2D eigenvalue weighted by Gasteiger charge is -2.11. The molecule has 0 spiro atoms. The highest BCUT2D eigenvalue weighted by atomic mass is 32.1. The topological polar surface area (TPSA) is 38.9 Å². The number of benzene rings is 1. The summed E-state index contributed by atoms with van der Waals surface area (Å²) in [6, 6.07) is 9.16. The Kier molecular flexibility index (Phi) is 2.81. The Morgan fingerprint density at radius 2 is 2.06 bits per heavy atom. The van der Waals surface area contributed by atoms with Crippen LogP contribution in [0.25, 0.3) is 10.1 Å². The van der Waals surface area contributed by atoms with Gasteiger partial charge in [0.2, 0.25) is 0 Å². The summed E-state index contributed by atoms with van der Waals surface area (Å²) in [6.45, 7) is 0. The van der Waals surface area contributed by atoms with E-state index in [1.807, 2.05) is 23.6 Å². The average Bonchev–Trinajstić information content (AvgIpc) is 2.82. The molecule has 0 amide bonds. The van der Waals surface area contributed by atoms with Gasteiger partial charge in [-0.05, 0) is 34.0 Å². The maximum atomic E-state index is 13.2. The summed E-state index contributed by atoms with van der Waals surface area (Å²) in [6.07, 6.45) is 2.79. The van der Waals surface area contributed by atoms with Crippen molar-refractivity contribution in [3.63, 3.8) is 0 Å². The zero-order valence-corrected chi connectivity index (χ0v) is 10.3. The van der Waals surface area contributed by atoms with Gasteiger partial charge in [-0.25, -0.2) is 4.39 Å². The van der Waals surface area contributed by atoms with Gasteiger partial charge in [-0.3, -0.25) is 4.98 Å². The predicted octanol–water partition coefficient (Wildman–Crippen LogP) is 3.48. The van der Waals surface area contributed by atoms with E-state index in [2.05, 4.69) is 11.1 Å². The van der Waals surface area contributed by atoms with Crippen LogP contribution in [0.3, 0.4) is 0 Å². The van der Waals surface area contributed by atoms with E-state index in [1.165, 1.54) is 17.0 Å². The molecule has 18 heavy (non-hydrogen) atoms. The molecule has 1 aromatic carbocycles. The summed E-state index contributed by atoms with van der Waals surface area (Å²) in [5.74, 6) is -0.359. The van der Waals surface area contributed by atoms with E-state index >= 15 is 0 Å². The summed E-state index contributed by atoms with van der Waals surface area (Å²) >= 11 is 1.65. The van der Waals surface area contributed by atoms with Crippen molar-refractivity contribution in [1.29, 1.82) is 0 Å². The van der Waals surface area contributed by atoms with E-state index in [1.54, 1.807) is 17.5 Å². The first-order chi connectivity index (χ1) is 8.75. The Labute approximate surface area is 108 Å². The molecule has 90 valence electrons. The minimum atomic E-state index is -0.359. The molecule has 2 nitrogen and oxygen atoms in total. The van der Waals surface area contributed by atoms with Gasteiger partial charge in [0, 0.05) is 10.9 Å². The normalized spacial score (nSPS) is 12.8. The molecule has 4 heteroatoms. The fraction of sp³-hybridized carbons (Fsp3) is 0.0714. The van der Waals surface area contributed by atoms with Crippen molar-refractivity contribution in [3.8, 4) is 0 Å². The van der Waals surface area contributed by atoms with E-state index in [-0.39, 0.29) is 11.9 Å². The molecule has 0 saturated heterocycles. The summed E-state index contributed by atoms with van der Waals surface area (Å²) in [4.78, 5) is 3.84. The van der Waals surface area contributed by atoms with Gasteiger partial charge in [-0.1, -0.05) is 18.2 Å². The zero-order valence-electron chi connectivity index (χ0n) is 9.51. The average molecular weight is 258 g/mol. The highest BCUT2D eigenvalue weighted by molar-refractivity contribution is 7.17. The van der Waals surface area contributed by atoms with Gasteiger partial charge in [0.1, 0.15) is 5.82 Å². The zero-order chi connectivity index (χ0) is 12.5. The third-order valence-corrected chi connectivity index (χ3v) is 3.91. The van der Waals surface area contributed by atoms with Crippen LogP contribution in [0.1, 0.15) is 17.2 Å². The molecule has 3 rings (SSSR count). The lowest BCUT2D eigenvalue weighted by Crippen LogP contribution is -2.11. The third-order valence-electron chi connectivity index (χ3n) is 2.93. The largest absolute Gasteiger partial charge is 0.320 e. The van der Waals surface area contributed by atoms with Gasteiger partial charge in [-0.2, -0.15) is 0 Å². The van der Waals surface area contributed by atoms with Crippen molar-refractivity contribution >= 4 is 21.4 Å². The van der Waals surface area contributed by atoms with Crippen molar-refractivity contribution in [2.75, 3.05) is 0 Å². The van der Waals surface area contributed by atoms with E-state index in [0.717, 1.165) is 10.9 Å². The van der Waals surface area contributed by atoms with E-state index in [4.69, 9.17) is 5.73 Å². The van der Waals surface area contributed by atoms with E-state index in [0.29, 0.717) is 5.56 Å². The van der Waals surface area contributed by atoms with Crippen LogP contribution in [0.4, 0.5) is 4.39 Å². The Bertz CT molecular complexity index is 693. The lowest BCUT2D eigenvalue weighted by molar-refractivity contribution is 0.616. The molecule has 1 unspecified atom stereocenters. The first-order valence-corrected chi connectivity index (χ1v) is 6.46. The summed E-state index contributed by atoms with van der Waals surface area (Å²) in [5.41, 5.74) is 7.91. The van der Waals surface area contributed by atoms with Crippen molar-refractivity contribution in [1.82, 2.24) is 4.98 Å². The van der Waals surface area contributed by atoms with E-state index < -0.39 is 0 Å². The minimum absolute atomic E-state index is 0.343. The quantitative estimate of drug-likeness (QED) is 0.764. The minimum Gasteiger partial charge on any atom is -0.320 e. The van der Waals surface area contributed by atoms with Gasteiger partial charge >= 0.3 is 0 Å². The monoisotopic (exact) mass is 258 g/mol. The Morgan fingerprint density at radius 1 is 1.22 bits per heavy atom. The molecular weight excluding hydrogens is 247 g/mol. The first-order valence-electron chi connectivity index (χ1n) is 5.58. The molecule has 0 aliphatic heterocycles. The lowest BCUT2D eigenvalue weighted by atomic mass is 10.0. The number of thiophene rings is 1. The fourth-order valence-corrected chi connectivity index (χ4v) is 3.01. The highest BCUT2D eigenvalue weighted by Crippen LogP contribution is 2.31. The number of hydrogen-bond donors (Lipinski definition) is 1. The second-order valence-electron chi connectivity index (χ2n) is 4.10. The molecule has 0 aliphatic rings. The van der Waals surface area contributed by atoms with Crippen LogP contribution in [-0.2, 0) is 0 Å². The van der Waals surface area contributed by atoms with Gasteiger partial charge in [-0.15, -0.1) is 11.3 Å². The van der Waals surface area contributed by atoms with Crippen LogP contribution >= 0.6 is 11.3 Å². The van der Waals surface area contributed by atoms with Crippen LogP contribution in [0.15, 0.2) is 48.1 Å². The Balaban J connectivity index is 2.09. The van der Waals surface area contributed by atoms with E-state index in [9.17, 15) is 4.39 Å². The van der Waals surface area contributed by atoms with Crippen molar-refractivity contribution in [3.05, 3.63) is 65.0 Å². The summed E-state index contributed by atoms with van der Waals surface area (Å²) < 4.78 is 14.4. The van der Waals surface area contributed by atoms with Crippen molar-refractivity contribution < 1.29 is 4.39 Å². The molecule has 2 aromatic heterocycles. The molecule has 0 bridgehead atoms. The second-order valence-corrected chi connectivity index (χ2v) is 5.01. The van der Waals surface area contributed by atoms with Crippen LogP contribution in [0, 0.1) is 5.82 Å². The fourth-order valence-electron chi connectivity index (χ4n) is 2.02. The molecule has 3 aromatic rings. The van der Waals surface area contributed by atoms with Gasteiger partial charge < -0.3 is 5.73 Å². The van der Waals surface area contributed by atoms with Gasteiger partial charge in [0.05, 0.1) is 12.2 Å². The molecule has 2 heterocycles. The van der Waals surface area contributed by atoms with Crippen LogP contribution in [0.5, 0.6) is 0 Å². The number of aromatic nitrogens is 1. The summed E-state index contributed by atoms with van der Waals surface area (Å²) in [7, 11) is 0. The first kappa shape index (κ1) is 11.3. The number of rotatable bonds is 2. The maximum Gasteiger partial charge on any atom is 0.141 e. The van der Waals surface area contributed by atoms with Crippen molar-refractivity contribution in [2.45, 2.75) is 6.04 Å². The number of pyridine rings is 1. The molecular formula is C14H11FN2S. The third kappa shape index (κ3) is 1.89. The SMILES string of the molecule is NC(c1cncc(F)c1)c1csc2ccccc12. The van der Waals surface area contributed by atoms with Gasteiger partial charge in [0.25, 0.3) is 0 Å². The highest BCUT2D eigenvalue weighted by Gasteiger charge is 2.14. The standard InChI is InChI=1S/C14H11FN2S/c15-10-5-9(6-17-7-10)14(16)12-8-18-13-4-2-1-3-11(12)13/h1-8,14H,16H2. The number of nitrogens with zero attached hydrogens (tertiary/aromatic N) is 1. The molecule has 0 radical (unpaired) electrons. The number of fused-ring (bicyclic) bond motifs is 1. The molecule has 0 fully saturated rings. The number of hydrogen-bond acceptors (Lipinski definition) is 3. The Morgan fingerprint density at radius 3 is 2.89 bits per heavy atom. The van der Waals surface area contributed by atoms with Crippen LogP contribution in [-0.4, -0.2) is 4.98 Å². The molecule has 2 N–H and O–H groups in total. The number of nitrogens with two attached hydrogens (primary N) is 1. The van der Waals surface area contributed by atoms with Crippen molar-refractivity contribution in [2.24, 2.45) is 5.73 Å². The Hall–Kier alpha value is -1.78. The predicted molar refractivity (Wildman–Crippen MR) is 72.1 cm³/mol. The van der Waals surface area contributed by atoms with Crippen LogP contribution in [0.2, 0.25) is 0 Å². The molecule has 1 atom stereocenters. The van der Waals surface area contributed by atoms with Gasteiger partial charge in [0.15, 0.2) is 0 Å². The van der Waals surface area contributed by atoms with Crippen LogP contribution < -0.4 is 5.73 Å². The second kappa shape index (κ2) is 4.48.